The van der Waals surface area contributed by atoms with E-state index in [0.717, 1.165) is 13.0 Å². The van der Waals surface area contributed by atoms with Crippen molar-refractivity contribution in [3.63, 3.8) is 0 Å². The number of aliphatic hydroxyl groups is 1. The Morgan fingerprint density at radius 3 is 3.00 bits per heavy atom. The number of halogens is 2. The summed E-state index contributed by atoms with van der Waals surface area (Å²) in [7, 11) is 0. The molecule has 1 amide bonds. The summed E-state index contributed by atoms with van der Waals surface area (Å²) in [6.07, 6.45) is 1.54. The quantitative estimate of drug-likeness (QED) is 0.679. The van der Waals surface area contributed by atoms with E-state index in [1.165, 1.54) is 31.3 Å². The first-order valence-electron chi connectivity index (χ1n) is 9.27. The number of pyridine rings is 1. The van der Waals surface area contributed by atoms with Crippen LogP contribution in [0.1, 0.15) is 13.3 Å². The van der Waals surface area contributed by atoms with Crippen LogP contribution >= 0.6 is 11.6 Å². The molecule has 2 heterocycles. The highest BCUT2D eigenvalue weighted by Crippen LogP contribution is 2.26. The number of nitrogens with one attached hydrogen (secondary N) is 1. The van der Waals surface area contributed by atoms with Crippen molar-refractivity contribution >= 4 is 23.2 Å². The molecule has 1 aliphatic rings. The number of ether oxygens (including phenoxy) is 2. The Bertz CT molecular complexity index is 837. The van der Waals surface area contributed by atoms with Gasteiger partial charge < -0.3 is 19.9 Å². The van der Waals surface area contributed by atoms with Gasteiger partial charge in [0.05, 0.1) is 10.7 Å². The third kappa shape index (κ3) is 6.56. The zero-order valence-corrected chi connectivity index (χ0v) is 16.7. The van der Waals surface area contributed by atoms with E-state index in [1.807, 2.05) is 0 Å². The van der Waals surface area contributed by atoms with Crippen molar-refractivity contribution in [1.82, 2.24) is 9.88 Å². The number of β-amino-alcohol motifs (C(OH)–C–C–N with tert-alkyl or cyclic N) is 1. The number of carbonyl (C=O) groups is 1. The van der Waals surface area contributed by atoms with Gasteiger partial charge in [-0.1, -0.05) is 11.6 Å². The second-order valence-corrected chi connectivity index (χ2v) is 7.33. The van der Waals surface area contributed by atoms with Crippen molar-refractivity contribution in [3.05, 3.63) is 47.4 Å². The third-order valence-corrected chi connectivity index (χ3v) is 4.59. The summed E-state index contributed by atoms with van der Waals surface area (Å²) in [4.78, 5) is 17.4. The molecule has 156 valence electrons. The minimum Gasteiger partial charge on any atom is -0.489 e. The summed E-state index contributed by atoms with van der Waals surface area (Å²) in [6, 6.07) is 7.27. The number of anilines is 1. The maximum atomic E-state index is 13.5. The van der Waals surface area contributed by atoms with E-state index in [-0.39, 0.29) is 24.4 Å². The van der Waals surface area contributed by atoms with Gasteiger partial charge in [0.15, 0.2) is 0 Å². The Hall–Kier alpha value is -2.42. The molecule has 9 heteroatoms. The van der Waals surface area contributed by atoms with Gasteiger partial charge in [-0.25, -0.2) is 9.37 Å². The lowest BCUT2D eigenvalue weighted by atomic mass is 10.2. The van der Waals surface area contributed by atoms with E-state index < -0.39 is 11.9 Å². The first-order valence-corrected chi connectivity index (χ1v) is 9.65. The minimum atomic E-state index is -0.782. The molecule has 0 aliphatic carbocycles. The lowest BCUT2D eigenvalue weighted by Gasteiger charge is -2.21. The zero-order chi connectivity index (χ0) is 20.8. The highest BCUT2D eigenvalue weighted by Gasteiger charge is 2.26. The van der Waals surface area contributed by atoms with E-state index in [2.05, 4.69) is 15.2 Å². The Morgan fingerprint density at radius 1 is 1.45 bits per heavy atom. The van der Waals surface area contributed by atoms with E-state index in [4.69, 9.17) is 21.1 Å². The molecule has 1 aromatic carbocycles. The Balaban J connectivity index is 1.46. The molecule has 2 N–H and O–H groups in total. The number of benzene rings is 1. The van der Waals surface area contributed by atoms with Crippen LogP contribution in [0.4, 0.5) is 10.1 Å². The highest BCUT2D eigenvalue weighted by atomic mass is 35.5. The van der Waals surface area contributed by atoms with E-state index in [0.29, 0.717) is 29.7 Å². The summed E-state index contributed by atoms with van der Waals surface area (Å²) < 4.78 is 24.9. The molecule has 29 heavy (non-hydrogen) atoms. The lowest BCUT2D eigenvalue weighted by molar-refractivity contribution is -0.114. The molecule has 2 unspecified atom stereocenters. The standard InChI is InChI=1S/C20H23ClFN3O4/c1-13(26)24-18-4-3-15(22)8-19(18)28-12-16(27)10-25-7-6-17(11-25)29-20-5-2-14(21)9-23-20/h2-5,8-9,16-17,27H,6-7,10-12H2,1H3,(H,24,26). The number of nitrogens with zero attached hydrogens (tertiary/aromatic N) is 2. The van der Waals surface area contributed by atoms with Gasteiger partial charge in [-0.2, -0.15) is 0 Å². The van der Waals surface area contributed by atoms with Crippen LogP contribution < -0.4 is 14.8 Å². The predicted octanol–water partition coefficient (Wildman–Crippen LogP) is 2.73. The Kier molecular flexibility index (Phi) is 7.24. The first kappa shape index (κ1) is 21.3. The van der Waals surface area contributed by atoms with Crippen LogP contribution in [0.15, 0.2) is 36.5 Å². The van der Waals surface area contributed by atoms with Crippen LogP contribution in [-0.2, 0) is 4.79 Å². The molecule has 2 aromatic rings. The molecule has 0 spiro atoms. The number of aromatic nitrogens is 1. The summed E-state index contributed by atoms with van der Waals surface area (Å²) in [5, 5.41) is 13.4. The number of rotatable bonds is 8. The molecule has 2 atom stereocenters. The van der Waals surface area contributed by atoms with Gasteiger partial charge in [0.1, 0.15) is 30.4 Å². The molecule has 0 radical (unpaired) electrons. The minimum absolute atomic E-state index is 0.0219. The lowest BCUT2D eigenvalue weighted by Crippen LogP contribution is -2.35. The summed E-state index contributed by atoms with van der Waals surface area (Å²) >= 11 is 5.82. The van der Waals surface area contributed by atoms with Gasteiger partial charge in [0.2, 0.25) is 11.8 Å². The maximum absolute atomic E-state index is 13.5. The van der Waals surface area contributed by atoms with Crippen LogP contribution in [0.2, 0.25) is 5.02 Å². The summed E-state index contributed by atoms with van der Waals surface area (Å²) in [5.41, 5.74) is 0.358. The number of hydrogen-bond donors (Lipinski definition) is 2. The van der Waals surface area contributed by atoms with Crippen LogP contribution in [0, 0.1) is 5.82 Å². The van der Waals surface area contributed by atoms with Gasteiger partial charge in [-0.05, 0) is 24.6 Å². The smallest absolute Gasteiger partial charge is 0.221 e. The topological polar surface area (TPSA) is 83.9 Å². The molecule has 1 aromatic heterocycles. The van der Waals surface area contributed by atoms with Crippen molar-refractivity contribution in [3.8, 4) is 11.6 Å². The van der Waals surface area contributed by atoms with E-state index >= 15 is 0 Å². The van der Waals surface area contributed by atoms with Crippen molar-refractivity contribution in [2.45, 2.75) is 25.6 Å². The number of aliphatic hydroxyl groups excluding tert-OH is 1. The van der Waals surface area contributed by atoms with Crippen LogP contribution in [0.5, 0.6) is 11.6 Å². The number of hydrogen-bond acceptors (Lipinski definition) is 6. The monoisotopic (exact) mass is 423 g/mol. The van der Waals surface area contributed by atoms with Crippen molar-refractivity contribution in [1.29, 1.82) is 0 Å². The van der Waals surface area contributed by atoms with Gasteiger partial charge in [-0.15, -0.1) is 0 Å². The van der Waals surface area contributed by atoms with Crippen LogP contribution in [-0.4, -0.2) is 59.3 Å². The SMILES string of the molecule is CC(=O)Nc1ccc(F)cc1OCC(O)CN1CCC(Oc2ccc(Cl)cn2)C1. The van der Waals surface area contributed by atoms with Crippen molar-refractivity contribution in [2.24, 2.45) is 0 Å². The fourth-order valence-corrected chi connectivity index (χ4v) is 3.22. The zero-order valence-electron chi connectivity index (χ0n) is 16.0. The van der Waals surface area contributed by atoms with Crippen molar-refractivity contribution in [2.75, 3.05) is 31.6 Å². The molecule has 1 fully saturated rings. The van der Waals surface area contributed by atoms with Crippen LogP contribution in [0.25, 0.3) is 0 Å². The van der Waals surface area contributed by atoms with Crippen molar-refractivity contribution < 1.29 is 23.8 Å². The molecule has 7 nitrogen and oxygen atoms in total. The van der Waals surface area contributed by atoms with Gasteiger partial charge in [0.25, 0.3) is 0 Å². The van der Waals surface area contributed by atoms with Gasteiger partial charge >= 0.3 is 0 Å². The molecular weight excluding hydrogens is 401 g/mol. The molecular formula is C20H23ClFN3O4. The third-order valence-electron chi connectivity index (χ3n) is 4.37. The molecule has 0 saturated carbocycles. The van der Waals surface area contributed by atoms with Gasteiger partial charge in [0, 0.05) is 44.9 Å². The van der Waals surface area contributed by atoms with E-state index in [1.54, 1.807) is 12.1 Å². The number of likely N-dealkylation sites (tertiary alicyclic amines) is 1. The summed E-state index contributed by atoms with van der Waals surface area (Å²) in [6.45, 7) is 3.13. The fourth-order valence-electron chi connectivity index (χ4n) is 3.11. The number of amides is 1. The van der Waals surface area contributed by atoms with Crippen LogP contribution in [0.3, 0.4) is 0 Å². The normalized spacial score (nSPS) is 17.7. The van der Waals surface area contributed by atoms with E-state index in [9.17, 15) is 14.3 Å². The molecule has 1 saturated heterocycles. The fraction of sp³-hybridized carbons (Fsp3) is 0.400. The largest absolute Gasteiger partial charge is 0.489 e. The Labute approximate surface area is 173 Å². The first-order chi connectivity index (χ1) is 13.9. The summed E-state index contributed by atoms with van der Waals surface area (Å²) in [5.74, 6) is -0.0864. The van der Waals surface area contributed by atoms with Gasteiger partial charge in [-0.3, -0.25) is 9.69 Å². The number of carbonyl (C=O) groups excluding carboxylic acids is 1. The predicted molar refractivity (Wildman–Crippen MR) is 107 cm³/mol. The highest BCUT2D eigenvalue weighted by molar-refractivity contribution is 6.30. The average molecular weight is 424 g/mol. The maximum Gasteiger partial charge on any atom is 0.221 e. The average Bonchev–Trinajstić information content (AvgIpc) is 3.10. The second kappa shape index (κ2) is 9.87. The molecule has 0 bridgehead atoms. The second-order valence-electron chi connectivity index (χ2n) is 6.89. The Morgan fingerprint density at radius 2 is 2.28 bits per heavy atom. The molecule has 1 aliphatic heterocycles. The molecule has 3 rings (SSSR count).